The van der Waals surface area contributed by atoms with Gasteiger partial charge in [-0.2, -0.15) is 0 Å². The Balaban J connectivity index is 1.15. The molecule has 2 aliphatic heterocycles. The molecular weight excluding hydrogens is 504 g/mol. The molecule has 2 aliphatic rings. The van der Waals surface area contributed by atoms with Gasteiger partial charge in [-0.1, -0.05) is 60.7 Å². The molecule has 0 spiro atoms. The van der Waals surface area contributed by atoms with Crippen LogP contribution in [0.15, 0.2) is 97.3 Å². The second kappa shape index (κ2) is 8.96. The summed E-state index contributed by atoms with van der Waals surface area (Å²) in [6.07, 6.45) is 3.43. The zero-order chi connectivity index (χ0) is 27.4. The smallest absolute Gasteiger partial charge is 0.324 e. The number of nitrogens with one attached hydrogen (secondary N) is 2. The molecule has 1 amide bonds. The summed E-state index contributed by atoms with van der Waals surface area (Å²) in [5.41, 5.74) is 5.96. The molecule has 9 heteroatoms. The number of rotatable bonds is 6. The molecule has 0 unspecified atom stereocenters. The van der Waals surface area contributed by atoms with Crippen molar-refractivity contribution in [2.45, 2.75) is 18.6 Å². The molecule has 2 aromatic heterocycles. The normalized spacial score (nSPS) is 18.8. The molecule has 0 fully saturated rings. The Bertz CT molecular complexity index is 1760. The fourth-order valence-corrected chi connectivity index (χ4v) is 6.26. The predicted octanol–water partition coefficient (Wildman–Crippen LogP) is 5.28. The van der Waals surface area contributed by atoms with E-state index in [1.165, 1.54) is 0 Å². The first-order valence-electron chi connectivity index (χ1n) is 13.0. The van der Waals surface area contributed by atoms with E-state index in [9.17, 15) is 14.9 Å². The first-order valence-corrected chi connectivity index (χ1v) is 13.0. The number of anilines is 1. The zero-order valence-electron chi connectivity index (χ0n) is 21.5. The van der Waals surface area contributed by atoms with Crippen molar-refractivity contribution in [3.8, 4) is 22.4 Å². The van der Waals surface area contributed by atoms with Gasteiger partial charge in [-0.3, -0.25) is 25.2 Å². The Labute approximate surface area is 229 Å². The molecule has 0 saturated heterocycles. The van der Waals surface area contributed by atoms with Gasteiger partial charge in [-0.05, 0) is 47.9 Å². The van der Waals surface area contributed by atoms with E-state index in [1.54, 1.807) is 41.6 Å². The number of H-pyrrole nitrogens is 1. The predicted molar refractivity (Wildman–Crippen MR) is 150 cm³/mol. The van der Waals surface area contributed by atoms with Gasteiger partial charge < -0.3 is 4.98 Å². The van der Waals surface area contributed by atoms with Gasteiger partial charge in [-0.15, -0.1) is 0 Å². The van der Waals surface area contributed by atoms with E-state index in [0.29, 0.717) is 11.1 Å². The molecule has 5 aromatic rings. The van der Waals surface area contributed by atoms with Crippen LogP contribution in [0.5, 0.6) is 0 Å². The summed E-state index contributed by atoms with van der Waals surface area (Å²) in [6, 6.07) is 26.3. The van der Waals surface area contributed by atoms with Crippen molar-refractivity contribution in [2.24, 2.45) is 0 Å². The first-order chi connectivity index (χ1) is 19.5. The topological polar surface area (TPSA) is 117 Å². The number of amides is 1. The van der Waals surface area contributed by atoms with Crippen LogP contribution >= 0.6 is 0 Å². The van der Waals surface area contributed by atoms with Crippen LogP contribution in [0.1, 0.15) is 34.0 Å². The van der Waals surface area contributed by atoms with Crippen molar-refractivity contribution >= 4 is 11.9 Å². The fourth-order valence-electron chi connectivity index (χ4n) is 6.26. The maximum Gasteiger partial charge on any atom is 0.330 e. The quantitative estimate of drug-likeness (QED) is 0.229. The second-order valence-corrected chi connectivity index (χ2v) is 10.0. The summed E-state index contributed by atoms with van der Waals surface area (Å²) >= 11 is 0. The molecule has 4 heterocycles. The van der Waals surface area contributed by atoms with E-state index in [0.717, 1.165) is 39.2 Å². The summed E-state index contributed by atoms with van der Waals surface area (Å²) in [6.45, 7) is 1.79. The van der Waals surface area contributed by atoms with Crippen LogP contribution in [0.2, 0.25) is 0 Å². The fraction of sp³-hybridized carbons (Fsp3) is 0.129. The Hall–Kier alpha value is -5.15. The number of aromatic amines is 1. The summed E-state index contributed by atoms with van der Waals surface area (Å²) < 4.78 is 0. The number of carbonyl (C=O) groups is 1. The van der Waals surface area contributed by atoms with E-state index in [4.69, 9.17) is 0 Å². The third-order valence-corrected chi connectivity index (χ3v) is 7.89. The summed E-state index contributed by atoms with van der Waals surface area (Å²) in [7, 11) is 0. The monoisotopic (exact) mass is 528 g/mol. The van der Waals surface area contributed by atoms with Gasteiger partial charge in [0, 0.05) is 23.0 Å². The van der Waals surface area contributed by atoms with Crippen LogP contribution in [-0.2, 0) is 10.5 Å². The van der Waals surface area contributed by atoms with Crippen LogP contribution in [0, 0.1) is 17.0 Å². The Morgan fingerprint density at radius 2 is 1.68 bits per heavy atom. The molecule has 0 radical (unpaired) electrons. The van der Waals surface area contributed by atoms with E-state index < -0.39 is 11.6 Å². The van der Waals surface area contributed by atoms with Crippen molar-refractivity contribution in [2.75, 3.05) is 11.9 Å². The molecule has 9 nitrogen and oxygen atoms in total. The molecule has 196 valence electrons. The van der Waals surface area contributed by atoms with Crippen LogP contribution in [0.4, 0.5) is 5.95 Å². The summed E-state index contributed by atoms with van der Waals surface area (Å²) in [4.78, 5) is 39.4. The Morgan fingerprint density at radius 1 is 0.975 bits per heavy atom. The van der Waals surface area contributed by atoms with Crippen LogP contribution in [0.25, 0.3) is 22.4 Å². The number of aromatic nitrogens is 3. The van der Waals surface area contributed by atoms with Crippen molar-refractivity contribution in [3.63, 3.8) is 0 Å². The molecule has 40 heavy (non-hydrogen) atoms. The lowest BCUT2D eigenvalue weighted by Crippen LogP contribution is -2.48. The molecule has 3 aromatic carbocycles. The number of benzene rings is 3. The van der Waals surface area contributed by atoms with E-state index in [2.05, 4.69) is 20.3 Å². The van der Waals surface area contributed by atoms with Crippen LogP contribution in [-0.4, -0.2) is 37.2 Å². The highest BCUT2D eigenvalue weighted by atomic mass is 16.6. The minimum Gasteiger partial charge on any atom is -0.324 e. The number of hydrogen-bond acceptors (Lipinski definition) is 6. The minimum absolute atomic E-state index is 0.180. The van der Waals surface area contributed by atoms with Crippen molar-refractivity contribution in [1.29, 1.82) is 0 Å². The number of hydrogen-bond donors (Lipinski definition) is 2. The summed E-state index contributed by atoms with van der Waals surface area (Å²) in [5.74, 6) is -0.114. The molecule has 0 aliphatic carbocycles. The lowest BCUT2D eigenvalue weighted by atomic mass is 9.82. The van der Waals surface area contributed by atoms with Gasteiger partial charge in [-0.25, -0.2) is 9.88 Å². The highest BCUT2D eigenvalue weighted by Gasteiger charge is 2.67. The van der Waals surface area contributed by atoms with E-state index >= 15 is 0 Å². The van der Waals surface area contributed by atoms with E-state index in [1.807, 2.05) is 67.6 Å². The third-order valence-electron chi connectivity index (χ3n) is 7.89. The average Bonchev–Trinajstić information content (AvgIpc) is 3.63. The largest absolute Gasteiger partial charge is 0.330 e. The number of pyridine rings is 1. The van der Waals surface area contributed by atoms with Gasteiger partial charge >= 0.3 is 5.66 Å². The lowest BCUT2D eigenvalue weighted by molar-refractivity contribution is -0.593. The zero-order valence-corrected chi connectivity index (χ0v) is 21.5. The maximum absolute atomic E-state index is 13.3. The molecule has 0 saturated carbocycles. The standard InChI is InChI=1S/C31H24N6O3/c1-19-22(12-7-15-32-19)20-8-6-9-21(16-20)27-17-33-30(34-27)35-28(38)18-36-29-23-10-2-4-13-25(23)31(36,37(39)40)26-14-5-3-11-24(26)29/h2-17,29H,18H2,1H3,(H2,33,34,35,38). The highest BCUT2D eigenvalue weighted by Crippen LogP contribution is 2.59. The Morgan fingerprint density at radius 3 is 2.38 bits per heavy atom. The average molecular weight is 529 g/mol. The number of aryl methyl sites for hydroxylation is 1. The lowest BCUT2D eigenvalue weighted by Gasteiger charge is -2.27. The second-order valence-electron chi connectivity index (χ2n) is 10.0. The van der Waals surface area contributed by atoms with Gasteiger partial charge in [0.2, 0.25) is 11.9 Å². The van der Waals surface area contributed by atoms with Crippen molar-refractivity contribution in [1.82, 2.24) is 19.9 Å². The number of nitrogens with zero attached hydrogens (tertiary/aromatic N) is 4. The van der Waals surface area contributed by atoms with Gasteiger partial charge in [0.25, 0.3) is 0 Å². The first kappa shape index (κ1) is 23.9. The van der Waals surface area contributed by atoms with Gasteiger partial charge in [0.15, 0.2) is 0 Å². The summed E-state index contributed by atoms with van der Waals surface area (Å²) in [5, 5.41) is 15.6. The van der Waals surface area contributed by atoms with Crippen molar-refractivity contribution in [3.05, 3.63) is 135 Å². The van der Waals surface area contributed by atoms with Gasteiger partial charge in [0.1, 0.15) is 0 Å². The maximum atomic E-state index is 13.3. The van der Waals surface area contributed by atoms with Gasteiger partial charge in [0.05, 0.1) is 40.5 Å². The molecule has 2 N–H and O–H groups in total. The number of carbonyl (C=O) groups excluding carboxylic acids is 1. The van der Waals surface area contributed by atoms with Crippen LogP contribution < -0.4 is 5.32 Å². The van der Waals surface area contributed by atoms with E-state index in [-0.39, 0.29) is 23.5 Å². The number of nitro groups is 1. The number of fused-ring (bicyclic) bond motifs is 8. The number of imidazole rings is 1. The minimum atomic E-state index is -1.62. The Kier molecular flexibility index (Phi) is 5.36. The highest BCUT2D eigenvalue weighted by molar-refractivity contribution is 5.91. The van der Waals surface area contributed by atoms with Crippen LogP contribution in [0.3, 0.4) is 0 Å². The molecule has 7 rings (SSSR count). The third kappa shape index (κ3) is 3.41. The van der Waals surface area contributed by atoms with Crippen molar-refractivity contribution < 1.29 is 9.72 Å². The molecule has 0 atom stereocenters. The molecule has 2 bridgehead atoms. The SMILES string of the molecule is Cc1ncccc1-c1cccc(-c2cnc(NC(=O)CN3C4c5ccccc5C3([N+](=O)[O-])c3ccccc34)[nH]2)c1. The molecular formula is C31H24N6O3.